The Morgan fingerprint density at radius 2 is 2.07 bits per heavy atom. The average Bonchev–Trinajstić information content (AvgIpc) is 3.15. The van der Waals surface area contributed by atoms with Gasteiger partial charge in [-0.2, -0.15) is 4.98 Å². The van der Waals surface area contributed by atoms with Crippen LogP contribution in [-0.2, 0) is 26.8 Å². The lowest BCUT2D eigenvalue weighted by Gasteiger charge is -2.33. The summed E-state index contributed by atoms with van der Waals surface area (Å²) in [7, 11) is -3.53. The third-order valence-corrected chi connectivity index (χ3v) is 6.79. The van der Waals surface area contributed by atoms with Crippen LogP contribution in [0, 0.1) is 0 Å². The van der Waals surface area contributed by atoms with Crippen molar-refractivity contribution in [1.29, 1.82) is 0 Å². The van der Waals surface area contributed by atoms with E-state index in [0.717, 1.165) is 13.1 Å². The molecule has 9 heteroatoms. The molecule has 1 fully saturated rings. The number of sulfone groups is 1. The highest BCUT2D eigenvalue weighted by Crippen LogP contribution is 2.16. The van der Waals surface area contributed by atoms with Crippen molar-refractivity contribution in [2.75, 3.05) is 19.6 Å². The van der Waals surface area contributed by atoms with E-state index in [1.54, 1.807) is 18.2 Å². The van der Waals surface area contributed by atoms with Gasteiger partial charge < -0.3 is 9.84 Å². The minimum Gasteiger partial charge on any atom is -0.355 e. The molecule has 1 saturated heterocycles. The highest BCUT2D eigenvalue weighted by atomic mass is 32.2. The lowest BCUT2D eigenvalue weighted by atomic mass is 10.0. The maximum absolute atomic E-state index is 12.4. The first kappa shape index (κ1) is 21.4. The van der Waals surface area contributed by atoms with Crippen LogP contribution in [0.5, 0.6) is 0 Å². The van der Waals surface area contributed by atoms with Crippen molar-refractivity contribution >= 4 is 15.7 Å². The van der Waals surface area contributed by atoms with Gasteiger partial charge in [0.15, 0.2) is 15.7 Å². The Bertz CT molecular complexity index is 898. The quantitative estimate of drug-likeness (QED) is 0.661. The zero-order chi connectivity index (χ0) is 20.7. The molecule has 1 aliphatic heterocycles. The van der Waals surface area contributed by atoms with Gasteiger partial charge in [0.1, 0.15) is 5.75 Å². The number of carbonyl (C=O) groups excluding carboxylic acids is 1. The van der Waals surface area contributed by atoms with Crippen molar-refractivity contribution in [3.05, 3.63) is 42.0 Å². The molecule has 1 aliphatic rings. The standard InChI is InChI=1S/C20H28N4O4S/c1-16-7-5-6-13-24(16)14-12-21-19(25)10-11-20-22-18(23-28-20)15-29(26,27)17-8-3-2-4-9-17/h2-4,8-9,16H,5-7,10-15H2,1H3,(H,21,25)/t16-/m1/s1. The summed E-state index contributed by atoms with van der Waals surface area (Å²) in [4.78, 5) is 18.8. The molecule has 8 nitrogen and oxygen atoms in total. The third kappa shape index (κ3) is 6.37. The largest absolute Gasteiger partial charge is 0.355 e. The number of amides is 1. The molecule has 2 aromatic rings. The summed E-state index contributed by atoms with van der Waals surface area (Å²) >= 11 is 0. The summed E-state index contributed by atoms with van der Waals surface area (Å²) in [5, 5.41) is 6.65. The molecule has 1 amide bonds. The number of hydrogen-bond donors (Lipinski definition) is 1. The van der Waals surface area contributed by atoms with Gasteiger partial charge in [-0.15, -0.1) is 0 Å². The molecular formula is C20H28N4O4S. The van der Waals surface area contributed by atoms with Crippen LogP contribution < -0.4 is 5.32 Å². The Labute approximate surface area is 171 Å². The SMILES string of the molecule is C[C@@H]1CCCCN1CCNC(=O)CCc1nc(CS(=O)(=O)c2ccccc2)no1. The van der Waals surface area contributed by atoms with E-state index in [4.69, 9.17) is 4.52 Å². The fraction of sp³-hybridized carbons (Fsp3) is 0.550. The fourth-order valence-corrected chi connectivity index (χ4v) is 4.66. The topological polar surface area (TPSA) is 105 Å². The maximum Gasteiger partial charge on any atom is 0.227 e. The van der Waals surface area contributed by atoms with Gasteiger partial charge in [0.05, 0.1) is 4.90 Å². The molecule has 3 rings (SSSR count). The van der Waals surface area contributed by atoms with Crippen LogP contribution in [0.15, 0.2) is 39.8 Å². The second-order valence-corrected chi connectivity index (χ2v) is 9.40. The molecule has 158 valence electrons. The normalized spacial score (nSPS) is 17.9. The Hall–Kier alpha value is -2.26. The van der Waals surface area contributed by atoms with Gasteiger partial charge in [-0.25, -0.2) is 8.42 Å². The summed E-state index contributed by atoms with van der Waals surface area (Å²) in [5.41, 5.74) is 0. The number of benzene rings is 1. The summed E-state index contributed by atoms with van der Waals surface area (Å²) in [6, 6.07) is 8.72. The van der Waals surface area contributed by atoms with E-state index in [-0.39, 0.29) is 41.1 Å². The molecule has 1 aromatic heterocycles. The van der Waals surface area contributed by atoms with Gasteiger partial charge in [0, 0.05) is 32.0 Å². The Morgan fingerprint density at radius 3 is 2.83 bits per heavy atom. The van der Waals surface area contributed by atoms with Crippen LogP contribution in [0.25, 0.3) is 0 Å². The van der Waals surface area contributed by atoms with E-state index in [9.17, 15) is 13.2 Å². The van der Waals surface area contributed by atoms with Crippen LogP contribution in [0.4, 0.5) is 0 Å². The molecule has 2 heterocycles. The highest BCUT2D eigenvalue weighted by molar-refractivity contribution is 7.90. The number of rotatable bonds is 9. The molecule has 1 aromatic carbocycles. The van der Waals surface area contributed by atoms with E-state index in [0.29, 0.717) is 12.6 Å². The zero-order valence-corrected chi connectivity index (χ0v) is 17.5. The van der Waals surface area contributed by atoms with Crippen molar-refractivity contribution in [3.8, 4) is 0 Å². The lowest BCUT2D eigenvalue weighted by Crippen LogP contribution is -2.42. The molecule has 0 aliphatic carbocycles. The number of aryl methyl sites for hydroxylation is 1. The minimum absolute atomic E-state index is 0.0775. The maximum atomic E-state index is 12.4. The second kappa shape index (κ2) is 9.98. The van der Waals surface area contributed by atoms with Crippen LogP contribution in [0.1, 0.15) is 44.3 Å². The van der Waals surface area contributed by atoms with Gasteiger partial charge in [-0.3, -0.25) is 9.69 Å². The molecule has 0 spiro atoms. The van der Waals surface area contributed by atoms with E-state index >= 15 is 0 Å². The van der Waals surface area contributed by atoms with Crippen molar-refractivity contribution in [2.45, 2.75) is 55.7 Å². The van der Waals surface area contributed by atoms with E-state index in [2.05, 4.69) is 27.3 Å². The summed E-state index contributed by atoms with van der Waals surface area (Å²) < 4.78 is 29.8. The monoisotopic (exact) mass is 420 g/mol. The van der Waals surface area contributed by atoms with E-state index in [1.165, 1.54) is 31.4 Å². The number of hydrogen-bond acceptors (Lipinski definition) is 7. The molecular weight excluding hydrogens is 392 g/mol. The first-order chi connectivity index (χ1) is 13.9. The van der Waals surface area contributed by atoms with Gasteiger partial charge in [0.25, 0.3) is 0 Å². The number of carbonyl (C=O) groups is 1. The molecule has 0 radical (unpaired) electrons. The van der Waals surface area contributed by atoms with Gasteiger partial charge >= 0.3 is 0 Å². The number of nitrogens with zero attached hydrogens (tertiary/aromatic N) is 3. The number of aromatic nitrogens is 2. The van der Waals surface area contributed by atoms with Crippen molar-refractivity contribution in [1.82, 2.24) is 20.4 Å². The average molecular weight is 421 g/mol. The van der Waals surface area contributed by atoms with Crippen LogP contribution >= 0.6 is 0 Å². The summed E-state index contributed by atoms with van der Waals surface area (Å²) in [6.45, 7) is 4.79. The van der Waals surface area contributed by atoms with Gasteiger partial charge in [0.2, 0.25) is 11.8 Å². The van der Waals surface area contributed by atoms with Crippen molar-refractivity contribution in [2.24, 2.45) is 0 Å². The van der Waals surface area contributed by atoms with E-state index in [1.807, 2.05) is 0 Å². The first-order valence-electron chi connectivity index (χ1n) is 10.0. The van der Waals surface area contributed by atoms with Gasteiger partial charge in [-0.1, -0.05) is 29.8 Å². The molecule has 29 heavy (non-hydrogen) atoms. The Balaban J connectivity index is 1.41. The van der Waals surface area contributed by atoms with Crippen molar-refractivity contribution in [3.63, 3.8) is 0 Å². The second-order valence-electron chi connectivity index (χ2n) is 7.41. The smallest absolute Gasteiger partial charge is 0.227 e. The molecule has 1 N–H and O–H groups in total. The summed E-state index contributed by atoms with van der Waals surface area (Å²) in [5.74, 6) is -0.0430. The van der Waals surface area contributed by atoms with Crippen LogP contribution in [-0.4, -0.2) is 55.0 Å². The third-order valence-electron chi connectivity index (χ3n) is 5.16. The zero-order valence-electron chi connectivity index (χ0n) is 16.7. The van der Waals surface area contributed by atoms with Crippen LogP contribution in [0.2, 0.25) is 0 Å². The predicted octanol–water partition coefficient (Wildman–Crippen LogP) is 1.97. The Morgan fingerprint density at radius 1 is 1.28 bits per heavy atom. The minimum atomic E-state index is -3.53. The number of likely N-dealkylation sites (tertiary alicyclic amines) is 1. The fourth-order valence-electron chi connectivity index (χ4n) is 3.47. The number of nitrogens with one attached hydrogen (secondary N) is 1. The van der Waals surface area contributed by atoms with Crippen molar-refractivity contribution < 1.29 is 17.7 Å². The van der Waals surface area contributed by atoms with Crippen LogP contribution in [0.3, 0.4) is 0 Å². The number of piperidine rings is 1. The molecule has 1 atom stereocenters. The molecule has 0 unspecified atom stereocenters. The lowest BCUT2D eigenvalue weighted by molar-refractivity contribution is -0.121. The van der Waals surface area contributed by atoms with Gasteiger partial charge in [-0.05, 0) is 38.4 Å². The van der Waals surface area contributed by atoms with E-state index < -0.39 is 9.84 Å². The predicted molar refractivity (Wildman–Crippen MR) is 108 cm³/mol. The first-order valence-corrected chi connectivity index (χ1v) is 11.7. The molecule has 0 bridgehead atoms. The Kier molecular flexibility index (Phi) is 7.38. The highest BCUT2D eigenvalue weighted by Gasteiger charge is 2.20. The molecule has 0 saturated carbocycles. The summed E-state index contributed by atoms with van der Waals surface area (Å²) in [6.07, 6.45) is 4.22.